The molecule has 1 saturated heterocycles. The van der Waals surface area contributed by atoms with Crippen molar-refractivity contribution in [3.05, 3.63) is 11.8 Å². The van der Waals surface area contributed by atoms with Crippen molar-refractivity contribution in [1.29, 1.82) is 0 Å². The zero-order valence-corrected chi connectivity index (χ0v) is 11.8. The minimum Gasteiger partial charge on any atom is -0.384 e. The van der Waals surface area contributed by atoms with Gasteiger partial charge in [-0.15, -0.1) is 0 Å². The Balaban J connectivity index is 2.25. The fraction of sp³-hybridized carbons (Fsp3) is 0.750. The van der Waals surface area contributed by atoms with Gasteiger partial charge >= 0.3 is 0 Å². The van der Waals surface area contributed by atoms with Crippen molar-refractivity contribution in [3.8, 4) is 0 Å². The van der Waals surface area contributed by atoms with E-state index < -0.39 is 9.84 Å². The molecule has 2 heterocycles. The Morgan fingerprint density at radius 2 is 2.17 bits per heavy atom. The van der Waals surface area contributed by atoms with Gasteiger partial charge in [-0.2, -0.15) is 5.10 Å². The number of anilines is 1. The lowest BCUT2D eigenvalue weighted by molar-refractivity contribution is 0.491. The van der Waals surface area contributed by atoms with E-state index in [9.17, 15) is 8.42 Å². The molecule has 1 aliphatic heterocycles. The van der Waals surface area contributed by atoms with Crippen molar-refractivity contribution >= 4 is 15.7 Å². The molecule has 6 heteroatoms. The Labute approximate surface area is 108 Å². The third kappa shape index (κ3) is 2.53. The molecule has 0 saturated carbocycles. The largest absolute Gasteiger partial charge is 0.384 e. The first-order valence-corrected chi connectivity index (χ1v) is 8.34. The molecule has 1 atom stereocenters. The van der Waals surface area contributed by atoms with Crippen molar-refractivity contribution < 1.29 is 8.42 Å². The number of nitrogens with zero attached hydrogens (tertiary/aromatic N) is 2. The predicted octanol–water partition coefficient (Wildman–Crippen LogP) is 1.73. The molecule has 2 rings (SSSR count). The van der Waals surface area contributed by atoms with Crippen LogP contribution in [0, 0.1) is 0 Å². The highest BCUT2D eigenvalue weighted by atomic mass is 32.2. The highest BCUT2D eigenvalue weighted by Crippen LogP contribution is 2.29. The van der Waals surface area contributed by atoms with E-state index in [1.807, 2.05) is 6.07 Å². The van der Waals surface area contributed by atoms with Crippen molar-refractivity contribution in [2.45, 2.75) is 45.1 Å². The van der Waals surface area contributed by atoms with Crippen molar-refractivity contribution in [1.82, 2.24) is 9.78 Å². The first-order chi connectivity index (χ1) is 8.46. The van der Waals surface area contributed by atoms with Crippen LogP contribution in [0.15, 0.2) is 6.07 Å². The molecule has 5 nitrogen and oxygen atoms in total. The third-order valence-corrected chi connectivity index (χ3v) is 5.49. The molecule has 0 amide bonds. The summed E-state index contributed by atoms with van der Waals surface area (Å²) < 4.78 is 24.7. The Kier molecular flexibility index (Phi) is 3.66. The number of hydrogen-bond donors (Lipinski definition) is 1. The molecule has 1 fully saturated rings. The Bertz CT molecular complexity index is 517. The van der Waals surface area contributed by atoms with Gasteiger partial charge < -0.3 is 5.73 Å². The standard InChI is InChI=1S/C12H21N3O2S/c1-3-9(4-2)11-7-12(13)15(14-11)10-5-6-18(16,17)8-10/h7,9-10H,3-6,8,13H2,1-2H3. The summed E-state index contributed by atoms with van der Waals surface area (Å²) in [7, 11) is -2.90. The molecule has 0 aromatic carbocycles. The summed E-state index contributed by atoms with van der Waals surface area (Å²) in [6, 6.07) is 1.81. The van der Waals surface area contributed by atoms with E-state index in [0.29, 0.717) is 18.2 Å². The molecule has 0 aliphatic carbocycles. The molecule has 1 aliphatic rings. The minimum atomic E-state index is -2.90. The summed E-state index contributed by atoms with van der Waals surface area (Å²) in [5.74, 6) is 1.41. The van der Waals surface area contributed by atoms with Crippen molar-refractivity contribution in [2.75, 3.05) is 17.2 Å². The zero-order valence-electron chi connectivity index (χ0n) is 11.0. The van der Waals surface area contributed by atoms with Crippen LogP contribution in [0.25, 0.3) is 0 Å². The van der Waals surface area contributed by atoms with Crippen molar-refractivity contribution in [3.63, 3.8) is 0 Å². The monoisotopic (exact) mass is 271 g/mol. The molecular formula is C12H21N3O2S. The van der Waals surface area contributed by atoms with Crippen LogP contribution in [0.3, 0.4) is 0 Å². The van der Waals surface area contributed by atoms with Crippen LogP contribution in [-0.4, -0.2) is 29.7 Å². The molecule has 2 N–H and O–H groups in total. The molecule has 1 aromatic rings. The zero-order chi connectivity index (χ0) is 13.3. The quantitative estimate of drug-likeness (QED) is 0.904. The van der Waals surface area contributed by atoms with Crippen LogP contribution in [0.5, 0.6) is 0 Å². The van der Waals surface area contributed by atoms with E-state index in [0.717, 1.165) is 18.5 Å². The number of nitrogen functional groups attached to an aromatic ring is 1. The molecular weight excluding hydrogens is 250 g/mol. The molecule has 18 heavy (non-hydrogen) atoms. The van der Waals surface area contributed by atoms with Gasteiger partial charge in [0.25, 0.3) is 0 Å². The van der Waals surface area contributed by atoms with Crippen LogP contribution in [0.4, 0.5) is 5.82 Å². The van der Waals surface area contributed by atoms with Gasteiger partial charge in [-0.1, -0.05) is 13.8 Å². The van der Waals surface area contributed by atoms with Crippen LogP contribution in [0.2, 0.25) is 0 Å². The van der Waals surface area contributed by atoms with E-state index in [-0.39, 0.29) is 17.5 Å². The lowest BCUT2D eigenvalue weighted by atomic mass is 10.00. The average molecular weight is 271 g/mol. The molecule has 0 spiro atoms. The number of rotatable bonds is 4. The Hall–Kier alpha value is -1.04. The minimum absolute atomic E-state index is 0.0851. The number of sulfone groups is 1. The molecule has 1 unspecified atom stereocenters. The second-order valence-electron chi connectivity index (χ2n) is 5.01. The van der Waals surface area contributed by atoms with Gasteiger partial charge in [0.2, 0.25) is 0 Å². The van der Waals surface area contributed by atoms with Crippen LogP contribution in [-0.2, 0) is 9.84 Å². The molecule has 102 valence electrons. The average Bonchev–Trinajstić information content (AvgIpc) is 2.84. The van der Waals surface area contributed by atoms with E-state index in [1.54, 1.807) is 4.68 Å². The van der Waals surface area contributed by atoms with E-state index in [1.165, 1.54) is 0 Å². The van der Waals surface area contributed by atoms with Gasteiger partial charge in [0.15, 0.2) is 9.84 Å². The maximum atomic E-state index is 11.5. The summed E-state index contributed by atoms with van der Waals surface area (Å²) in [6.45, 7) is 4.26. The second kappa shape index (κ2) is 4.91. The normalized spacial score (nSPS) is 22.7. The lowest BCUT2D eigenvalue weighted by Gasteiger charge is -2.11. The van der Waals surface area contributed by atoms with Gasteiger partial charge in [-0.05, 0) is 19.3 Å². The van der Waals surface area contributed by atoms with E-state index in [2.05, 4.69) is 18.9 Å². The maximum absolute atomic E-state index is 11.5. The number of hydrogen-bond acceptors (Lipinski definition) is 4. The molecule has 0 bridgehead atoms. The van der Waals surface area contributed by atoms with Gasteiger partial charge in [-0.3, -0.25) is 0 Å². The van der Waals surface area contributed by atoms with Crippen LogP contribution in [0.1, 0.15) is 50.8 Å². The highest BCUT2D eigenvalue weighted by molar-refractivity contribution is 7.91. The van der Waals surface area contributed by atoms with Gasteiger partial charge in [0.1, 0.15) is 5.82 Å². The Morgan fingerprint density at radius 3 is 2.67 bits per heavy atom. The van der Waals surface area contributed by atoms with Crippen LogP contribution >= 0.6 is 0 Å². The highest BCUT2D eigenvalue weighted by Gasteiger charge is 2.31. The summed E-state index contributed by atoms with van der Waals surface area (Å²) >= 11 is 0. The summed E-state index contributed by atoms with van der Waals surface area (Å²) in [5, 5.41) is 4.53. The summed E-state index contributed by atoms with van der Waals surface area (Å²) in [4.78, 5) is 0. The van der Waals surface area contributed by atoms with Gasteiger partial charge in [-0.25, -0.2) is 13.1 Å². The number of nitrogens with two attached hydrogens (primary N) is 1. The first-order valence-electron chi connectivity index (χ1n) is 6.52. The van der Waals surface area contributed by atoms with E-state index >= 15 is 0 Å². The lowest BCUT2D eigenvalue weighted by Crippen LogP contribution is -2.15. The third-order valence-electron chi connectivity index (χ3n) is 3.74. The Morgan fingerprint density at radius 1 is 1.50 bits per heavy atom. The predicted molar refractivity (Wildman–Crippen MR) is 72.3 cm³/mol. The fourth-order valence-corrected chi connectivity index (χ4v) is 4.29. The van der Waals surface area contributed by atoms with Gasteiger partial charge in [0.05, 0.1) is 23.2 Å². The summed E-state index contributed by atoms with van der Waals surface area (Å²) in [5.41, 5.74) is 6.95. The smallest absolute Gasteiger partial charge is 0.152 e. The van der Waals surface area contributed by atoms with Crippen molar-refractivity contribution in [2.24, 2.45) is 0 Å². The summed E-state index contributed by atoms with van der Waals surface area (Å²) in [6.07, 6.45) is 2.67. The molecule has 1 aromatic heterocycles. The molecule has 0 radical (unpaired) electrons. The first kappa shape index (κ1) is 13.4. The SMILES string of the molecule is CCC(CC)c1cc(N)n(C2CCS(=O)(=O)C2)n1. The maximum Gasteiger partial charge on any atom is 0.152 e. The van der Waals surface area contributed by atoms with Gasteiger partial charge in [0, 0.05) is 12.0 Å². The topological polar surface area (TPSA) is 78.0 Å². The van der Waals surface area contributed by atoms with Crippen LogP contribution < -0.4 is 5.73 Å². The van der Waals surface area contributed by atoms with E-state index in [4.69, 9.17) is 5.73 Å². The number of aromatic nitrogens is 2. The second-order valence-corrected chi connectivity index (χ2v) is 7.24. The fourth-order valence-electron chi connectivity index (χ4n) is 2.60.